The molecule has 0 radical (unpaired) electrons. The van der Waals surface area contributed by atoms with Crippen molar-refractivity contribution in [3.05, 3.63) is 28.2 Å². The topological polar surface area (TPSA) is 66.4 Å². The first-order valence-corrected chi connectivity index (χ1v) is 9.10. The second-order valence-electron chi connectivity index (χ2n) is 5.47. The molecule has 1 aliphatic rings. The van der Waals surface area contributed by atoms with Gasteiger partial charge in [0, 0.05) is 11.0 Å². The van der Waals surface area contributed by atoms with Gasteiger partial charge in [-0.1, -0.05) is 12.5 Å². The molecule has 0 amide bonds. The Morgan fingerprint density at radius 1 is 1.40 bits per heavy atom. The quantitative estimate of drug-likeness (QED) is 0.865. The van der Waals surface area contributed by atoms with Gasteiger partial charge in [-0.3, -0.25) is 0 Å². The summed E-state index contributed by atoms with van der Waals surface area (Å²) in [4.78, 5) is 0.263. The zero-order chi connectivity index (χ0) is 14.8. The molecule has 2 unspecified atom stereocenters. The average molecular weight is 362 g/mol. The number of hydrogen-bond acceptors (Lipinski definition) is 3. The van der Waals surface area contributed by atoms with Crippen LogP contribution in [0.1, 0.15) is 31.2 Å². The lowest BCUT2D eigenvalue weighted by molar-refractivity contribution is 0.102. The van der Waals surface area contributed by atoms with Gasteiger partial charge in [-0.05, 0) is 65.7 Å². The highest BCUT2D eigenvalue weighted by atomic mass is 79.9. The Balaban J connectivity index is 2.03. The highest BCUT2D eigenvalue weighted by Gasteiger charge is 2.23. The smallest absolute Gasteiger partial charge is 0.241 e. The number of aryl methyl sites for hydroxylation is 1. The fourth-order valence-corrected chi connectivity index (χ4v) is 4.88. The predicted octanol–water partition coefficient (Wildman–Crippen LogP) is 2.59. The molecule has 112 valence electrons. The summed E-state index contributed by atoms with van der Waals surface area (Å²) in [6.07, 6.45) is 3.14. The molecule has 1 aromatic carbocycles. The van der Waals surface area contributed by atoms with Crippen molar-refractivity contribution in [3.63, 3.8) is 0 Å². The number of hydrogen-bond donors (Lipinski definition) is 2. The molecule has 4 nitrogen and oxygen atoms in total. The molecule has 1 aliphatic carbocycles. The van der Waals surface area contributed by atoms with Gasteiger partial charge in [0.25, 0.3) is 0 Å². The molecule has 0 saturated heterocycles. The van der Waals surface area contributed by atoms with E-state index >= 15 is 0 Å². The first-order valence-electron chi connectivity index (χ1n) is 6.82. The fourth-order valence-electron chi connectivity index (χ4n) is 2.58. The summed E-state index contributed by atoms with van der Waals surface area (Å²) < 4.78 is 27.8. The second-order valence-corrected chi connectivity index (χ2v) is 8.06. The van der Waals surface area contributed by atoms with E-state index in [1.54, 1.807) is 18.2 Å². The van der Waals surface area contributed by atoms with E-state index < -0.39 is 10.0 Å². The fraction of sp³-hybridized carbons (Fsp3) is 0.571. The van der Waals surface area contributed by atoms with Crippen LogP contribution in [0.2, 0.25) is 0 Å². The number of sulfonamides is 1. The van der Waals surface area contributed by atoms with Gasteiger partial charge < -0.3 is 5.11 Å². The zero-order valence-corrected chi connectivity index (χ0v) is 13.9. The van der Waals surface area contributed by atoms with Crippen LogP contribution in [0.15, 0.2) is 27.6 Å². The number of nitrogens with one attached hydrogen (secondary N) is 1. The van der Waals surface area contributed by atoms with Crippen molar-refractivity contribution in [1.82, 2.24) is 4.72 Å². The molecular weight excluding hydrogens is 342 g/mol. The highest BCUT2D eigenvalue weighted by molar-refractivity contribution is 9.10. The summed E-state index contributed by atoms with van der Waals surface area (Å²) in [5, 5.41) is 9.62. The third kappa shape index (κ3) is 4.04. The maximum absolute atomic E-state index is 12.3. The molecule has 0 aromatic heterocycles. The van der Waals surface area contributed by atoms with Gasteiger partial charge in [0.2, 0.25) is 10.0 Å². The van der Waals surface area contributed by atoms with Crippen molar-refractivity contribution in [2.75, 3.05) is 6.54 Å². The van der Waals surface area contributed by atoms with Crippen LogP contribution in [0.4, 0.5) is 0 Å². The van der Waals surface area contributed by atoms with Crippen LogP contribution in [-0.4, -0.2) is 26.2 Å². The summed E-state index contributed by atoms with van der Waals surface area (Å²) >= 11 is 3.30. The molecule has 1 fully saturated rings. The normalized spacial score (nSPS) is 23.8. The molecule has 1 saturated carbocycles. The molecule has 0 bridgehead atoms. The van der Waals surface area contributed by atoms with Crippen molar-refractivity contribution in [1.29, 1.82) is 0 Å². The summed E-state index contributed by atoms with van der Waals surface area (Å²) in [7, 11) is -3.50. The SMILES string of the molecule is Cc1ccc(S(=O)(=O)NCC2CCCC(O)C2)c(Br)c1. The van der Waals surface area contributed by atoms with Gasteiger partial charge in [-0.25, -0.2) is 13.1 Å². The Labute approximate surface area is 128 Å². The van der Waals surface area contributed by atoms with Crippen LogP contribution in [-0.2, 0) is 10.0 Å². The van der Waals surface area contributed by atoms with Gasteiger partial charge in [0.05, 0.1) is 11.0 Å². The third-order valence-corrected chi connectivity index (χ3v) is 6.09. The van der Waals surface area contributed by atoms with E-state index in [2.05, 4.69) is 20.7 Å². The number of rotatable bonds is 4. The average Bonchev–Trinajstić information content (AvgIpc) is 2.36. The van der Waals surface area contributed by atoms with Gasteiger partial charge in [-0.2, -0.15) is 0 Å². The molecular formula is C14H20BrNO3S. The van der Waals surface area contributed by atoms with E-state index in [1.807, 2.05) is 6.92 Å². The number of benzene rings is 1. The summed E-state index contributed by atoms with van der Waals surface area (Å²) in [5.41, 5.74) is 1.01. The lowest BCUT2D eigenvalue weighted by Gasteiger charge is -2.25. The Morgan fingerprint density at radius 2 is 2.15 bits per heavy atom. The second kappa shape index (κ2) is 6.56. The van der Waals surface area contributed by atoms with Crippen LogP contribution in [0.5, 0.6) is 0 Å². The van der Waals surface area contributed by atoms with E-state index in [9.17, 15) is 13.5 Å². The maximum Gasteiger partial charge on any atom is 0.241 e. The minimum Gasteiger partial charge on any atom is -0.393 e. The molecule has 20 heavy (non-hydrogen) atoms. The lowest BCUT2D eigenvalue weighted by Crippen LogP contribution is -2.33. The van der Waals surface area contributed by atoms with E-state index in [1.165, 1.54) is 0 Å². The monoisotopic (exact) mass is 361 g/mol. The highest BCUT2D eigenvalue weighted by Crippen LogP contribution is 2.26. The standard InChI is InChI=1S/C14H20BrNO3S/c1-10-5-6-14(13(15)7-10)20(18,19)16-9-11-3-2-4-12(17)8-11/h5-7,11-12,16-17H,2-4,8-9H2,1H3. The summed E-state index contributed by atoms with van der Waals surface area (Å²) in [5.74, 6) is 0.220. The van der Waals surface area contributed by atoms with E-state index in [-0.39, 0.29) is 16.9 Å². The predicted molar refractivity (Wildman–Crippen MR) is 82.0 cm³/mol. The summed E-state index contributed by atoms with van der Waals surface area (Å²) in [6, 6.07) is 5.18. The van der Waals surface area contributed by atoms with Gasteiger partial charge in [-0.15, -0.1) is 0 Å². The van der Waals surface area contributed by atoms with Gasteiger partial charge >= 0.3 is 0 Å². The maximum atomic E-state index is 12.3. The Morgan fingerprint density at radius 3 is 2.80 bits per heavy atom. The van der Waals surface area contributed by atoms with Crippen molar-refractivity contribution in [2.24, 2.45) is 5.92 Å². The van der Waals surface area contributed by atoms with Crippen molar-refractivity contribution in [2.45, 2.75) is 43.6 Å². The first-order chi connectivity index (χ1) is 9.38. The molecule has 0 heterocycles. The molecule has 2 atom stereocenters. The van der Waals surface area contributed by atoms with Crippen LogP contribution >= 0.6 is 15.9 Å². The molecule has 1 aromatic rings. The molecule has 2 N–H and O–H groups in total. The molecule has 0 aliphatic heterocycles. The number of aliphatic hydroxyl groups is 1. The lowest BCUT2D eigenvalue weighted by atomic mass is 9.87. The van der Waals surface area contributed by atoms with Gasteiger partial charge in [0.15, 0.2) is 0 Å². The Bertz CT molecular complexity index is 574. The van der Waals surface area contributed by atoms with Crippen LogP contribution in [0.25, 0.3) is 0 Å². The summed E-state index contributed by atoms with van der Waals surface area (Å²) in [6.45, 7) is 2.30. The van der Waals surface area contributed by atoms with E-state index in [0.717, 1.165) is 24.8 Å². The minimum absolute atomic E-state index is 0.220. The minimum atomic E-state index is -3.50. The Hall–Kier alpha value is -0.430. The number of aliphatic hydroxyl groups excluding tert-OH is 1. The van der Waals surface area contributed by atoms with Crippen LogP contribution in [0.3, 0.4) is 0 Å². The molecule has 2 rings (SSSR count). The van der Waals surface area contributed by atoms with Crippen molar-refractivity contribution < 1.29 is 13.5 Å². The third-order valence-electron chi connectivity index (χ3n) is 3.69. The van der Waals surface area contributed by atoms with Crippen LogP contribution in [0, 0.1) is 12.8 Å². The Kier molecular flexibility index (Phi) is 5.23. The van der Waals surface area contributed by atoms with Crippen LogP contribution < -0.4 is 4.72 Å². The van der Waals surface area contributed by atoms with Crippen molar-refractivity contribution >= 4 is 26.0 Å². The largest absolute Gasteiger partial charge is 0.393 e. The number of halogens is 1. The van der Waals surface area contributed by atoms with Gasteiger partial charge in [0.1, 0.15) is 0 Å². The van der Waals surface area contributed by atoms with E-state index in [4.69, 9.17) is 0 Å². The van der Waals surface area contributed by atoms with Crippen molar-refractivity contribution in [3.8, 4) is 0 Å². The molecule has 6 heteroatoms. The first kappa shape index (κ1) is 15.9. The zero-order valence-electron chi connectivity index (χ0n) is 11.5. The molecule has 0 spiro atoms. The van der Waals surface area contributed by atoms with E-state index in [0.29, 0.717) is 17.4 Å².